The number of rotatable bonds is 7. The quantitative estimate of drug-likeness (QED) is 0.343. The molecule has 1 saturated heterocycles. The number of likely N-dealkylation sites (N-methyl/N-ethyl adjacent to an activating group) is 1. The minimum absolute atomic E-state index is 0.0437. The summed E-state index contributed by atoms with van der Waals surface area (Å²) >= 11 is 0. The summed E-state index contributed by atoms with van der Waals surface area (Å²) in [5.41, 5.74) is 5.74. The minimum Gasteiger partial charge on any atom is -0.504 e. The lowest BCUT2D eigenvalue weighted by Crippen LogP contribution is -2.68. The van der Waals surface area contributed by atoms with Crippen LogP contribution in [0.15, 0.2) is 24.3 Å². The Kier molecular flexibility index (Phi) is 8.36. The van der Waals surface area contributed by atoms with E-state index in [2.05, 4.69) is 21.2 Å². The highest BCUT2D eigenvalue weighted by molar-refractivity contribution is 5.94. The Morgan fingerprint density at radius 2 is 1.36 bits per heavy atom. The molecule has 0 unspecified atom stereocenters. The van der Waals surface area contributed by atoms with Gasteiger partial charge >= 0.3 is 0 Å². The maximum Gasteiger partial charge on any atom is 0.251 e. The summed E-state index contributed by atoms with van der Waals surface area (Å²) in [5.74, 6) is 1.56. The van der Waals surface area contributed by atoms with Crippen LogP contribution < -0.4 is 24.3 Å². The third-order valence-corrected chi connectivity index (χ3v) is 10.4. The molecule has 0 radical (unpaired) electrons. The molecule has 3 aromatic rings. The van der Waals surface area contributed by atoms with Crippen molar-refractivity contribution in [2.24, 2.45) is 0 Å². The third-order valence-electron chi connectivity index (χ3n) is 10.4. The summed E-state index contributed by atoms with van der Waals surface area (Å²) in [6.07, 6.45) is 0.823. The van der Waals surface area contributed by atoms with Crippen molar-refractivity contribution < 1.29 is 34.0 Å². The van der Waals surface area contributed by atoms with Gasteiger partial charge in [0, 0.05) is 57.6 Å². The van der Waals surface area contributed by atoms with Crippen molar-refractivity contribution in [3.63, 3.8) is 0 Å². The fourth-order valence-electron chi connectivity index (χ4n) is 8.41. The monoisotopic (exact) mass is 642 g/mol. The molecular weight excluding hydrogens is 600 g/mol. The van der Waals surface area contributed by atoms with E-state index >= 15 is 0 Å². The molecule has 3 aromatic carbocycles. The number of hydrogen-bond acceptors (Lipinski definition) is 10. The van der Waals surface area contributed by atoms with Crippen LogP contribution in [0, 0.1) is 32.1 Å². The molecule has 47 heavy (non-hydrogen) atoms. The van der Waals surface area contributed by atoms with Crippen molar-refractivity contribution in [1.29, 1.82) is 5.26 Å². The van der Waals surface area contributed by atoms with Crippen LogP contribution in [0.2, 0.25) is 0 Å². The number of phenolic OH excluding ortho intramolecular Hbond substituents is 2. The second-order valence-electron chi connectivity index (χ2n) is 12.6. The first kappa shape index (κ1) is 32.3. The number of fused-ring (bicyclic) bond motifs is 7. The van der Waals surface area contributed by atoms with Crippen LogP contribution in [0.25, 0.3) is 0 Å². The van der Waals surface area contributed by atoms with Gasteiger partial charge < -0.3 is 34.5 Å². The number of nitrogens with one attached hydrogen (secondary N) is 1. The van der Waals surface area contributed by atoms with Gasteiger partial charge in [0.15, 0.2) is 23.0 Å². The summed E-state index contributed by atoms with van der Waals surface area (Å²) in [6, 6.07) is 7.55. The topological polar surface area (TPSA) is 137 Å². The number of aromatic hydroxyl groups is 2. The average Bonchev–Trinajstić information content (AvgIpc) is 3.05. The SMILES string of the molecule is COc1c(C)c(OC)c2c(c1O)[C@@H]1[C@@H]3Cc4c(OC)c(C)c(OC)c(O)c4[C@H](CNC(=O)c4ccc(C)cc4)N3[C@@H](C#N)[C@H](C2)N1C. The number of amides is 1. The van der Waals surface area contributed by atoms with Crippen LogP contribution in [0.3, 0.4) is 0 Å². The van der Waals surface area contributed by atoms with Gasteiger partial charge in [-0.25, -0.2) is 0 Å². The molecule has 1 amide bonds. The average molecular weight is 643 g/mol. The maximum absolute atomic E-state index is 13.5. The molecule has 11 heteroatoms. The Morgan fingerprint density at radius 3 is 1.89 bits per heavy atom. The van der Waals surface area contributed by atoms with Crippen LogP contribution in [0.4, 0.5) is 0 Å². The van der Waals surface area contributed by atoms with Crippen molar-refractivity contribution in [2.75, 3.05) is 42.0 Å². The van der Waals surface area contributed by atoms with Gasteiger partial charge in [0.1, 0.15) is 17.5 Å². The van der Waals surface area contributed by atoms with Gasteiger partial charge in [-0.2, -0.15) is 5.26 Å². The minimum atomic E-state index is -0.643. The number of piperazine rings is 1. The highest BCUT2D eigenvalue weighted by atomic mass is 16.5. The summed E-state index contributed by atoms with van der Waals surface area (Å²) in [5, 5.41) is 37.6. The maximum atomic E-state index is 13.5. The molecule has 6 rings (SSSR count). The summed E-state index contributed by atoms with van der Waals surface area (Å²) < 4.78 is 23.3. The Labute approximate surface area is 275 Å². The van der Waals surface area contributed by atoms with Crippen LogP contribution in [0.1, 0.15) is 61.4 Å². The zero-order valence-corrected chi connectivity index (χ0v) is 28.1. The van der Waals surface area contributed by atoms with Gasteiger partial charge in [-0.15, -0.1) is 0 Å². The number of carbonyl (C=O) groups excluding carboxylic acids is 1. The van der Waals surface area contributed by atoms with E-state index in [0.717, 1.165) is 16.7 Å². The van der Waals surface area contributed by atoms with Gasteiger partial charge in [0.25, 0.3) is 5.91 Å². The predicted molar refractivity (Wildman–Crippen MR) is 175 cm³/mol. The molecule has 3 heterocycles. The van der Waals surface area contributed by atoms with E-state index in [1.54, 1.807) is 26.4 Å². The number of benzene rings is 3. The number of hydrogen-bond donors (Lipinski definition) is 3. The molecule has 2 bridgehead atoms. The molecule has 11 nitrogen and oxygen atoms in total. The standard InChI is InChI=1S/C36H42N4O7/c1-17-9-11-20(12-10-17)36(43)38-16-26-27-21(32(44-5)18(2)34(46-7)30(27)41)14-24-29-28-22(13-23(39(29)4)25(15-37)40(24)26)33(45-6)19(3)35(47-8)31(28)42/h9-12,23-26,29,41-42H,13-14,16H2,1-8H3,(H,38,43)/t23-,24-,25-,26-,29-/m0/s1. The van der Waals surface area contributed by atoms with E-state index in [9.17, 15) is 20.3 Å². The van der Waals surface area contributed by atoms with Gasteiger partial charge in [0.05, 0.1) is 46.6 Å². The molecule has 0 saturated carbocycles. The Bertz CT molecular complexity index is 1780. The van der Waals surface area contributed by atoms with E-state index in [1.165, 1.54) is 14.2 Å². The molecule has 1 fully saturated rings. The number of nitrogens with zero attached hydrogens (tertiary/aromatic N) is 3. The number of carbonyl (C=O) groups is 1. The van der Waals surface area contributed by atoms with Crippen molar-refractivity contribution in [1.82, 2.24) is 15.1 Å². The normalized spacial score (nSPS) is 23.1. The summed E-state index contributed by atoms with van der Waals surface area (Å²) in [6.45, 7) is 5.74. The van der Waals surface area contributed by atoms with E-state index in [-0.39, 0.29) is 41.8 Å². The van der Waals surface area contributed by atoms with Crippen molar-refractivity contribution in [3.8, 4) is 40.6 Å². The Hall–Kier alpha value is -4.66. The molecule has 0 aromatic heterocycles. The zero-order valence-electron chi connectivity index (χ0n) is 28.1. The first-order chi connectivity index (χ1) is 22.5. The van der Waals surface area contributed by atoms with E-state index in [0.29, 0.717) is 57.9 Å². The number of methoxy groups -OCH3 is 4. The van der Waals surface area contributed by atoms with Crippen molar-refractivity contribution in [2.45, 2.75) is 63.8 Å². The molecule has 248 valence electrons. The van der Waals surface area contributed by atoms with Crippen LogP contribution in [-0.2, 0) is 12.8 Å². The summed E-state index contributed by atoms with van der Waals surface area (Å²) in [4.78, 5) is 17.7. The molecule has 0 spiro atoms. The number of ether oxygens (including phenoxy) is 4. The van der Waals surface area contributed by atoms with Gasteiger partial charge in [0.2, 0.25) is 0 Å². The second-order valence-corrected chi connectivity index (χ2v) is 12.6. The highest BCUT2D eigenvalue weighted by Crippen LogP contribution is 2.58. The van der Waals surface area contributed by atoms with Crippen molar-refractivity contribution >= 4 is 5.91 Å². The van der Waals surface area contributed by atoms with Crippen LogP contribution in [0.5, 0.6) is 34.5 Å². The number of phenols is 2. The van der Waals surface area contributed by atoms with Crippen LogP contribution >= 0.6 is 0 Å². The fourth-order valence-corrected chi connectivity index (χ4v) is 8.41. The van der Waals surface area contributed by atoms with Crippen LogP contribution in [-0.4, -0.2) is 86.1 Å². The lowest BCUT2D eigenvalue weighted by Gasteiger charge is -2.60. The third kappa shape index (κ3) is 4.73. The Morgan fingerprint density at radius 1 is 0.851 bits per heavy atom. The first-order valence-electron chi connectivity index (χ1n) is 15.7. The molecular formula is C36H42N4O7. The molecule has 5 atom stereocenters. The lowest BCUT2D eigenvalue weighted by molar-refractivity contribution is -0.0724. The highest BCUT2D eigenvalue weighted by Gasteiger charge is 2.57. The molecule has 3 aliphatic heterocycles. The van der Waals surface area contributed by atoms with E-state index in [1.807, 2.05) is 40.0 Å². The first-order valence-corrected chi connectivity index (χ1v) is 15.7. The molecule has 0 aliphatic carbocycles. The van der Waals surface area contributed by atoms with Gasteiger partial charge in [-0.05, 0) is 52.8 Å². The molecule has 3 aliphatic rings. The van der Waals surface area contributed by atoms with Gasteiger partial charge in [-0.3, -0.25) is 14.6 Å². The van der Waals surface area contributed by atoms with Gasteiger partial charge in [-0.1, -0.05) is 17.7 Å². The summed E-state index contributed by atoms with van der Waals surface area (Å²) in [7, 11) is 8.19. The number of aryl methyl sites for hydroxylation is 1. The lowest BCUT2D eigenvalue weighted by atomic mass is 9.71. The van der Waals surface area contributed by atoms with E-state index in [4.69, 9.17) is 18.9 Å². The smallest absolute Gasteiger partial charge is 0.251 e. The molecule has 3 N–H and O–H groups in total. The second kappa shape index (κ2) is 12.2. The predicted octanol–water partition coefficient (Wildman–Crippen LogP) is 4.26. The number of nitriles is 1. The zero-order chi connectivity index (χ0) is 33.9. The van der Waals surface area contributed by atoms with Crippen molar-refractivity contribution in [3.05, 3.63) is 68.8 Å². The fraction of sp³-hybridized carbons (Fsp3) is 0.444. The largest absolute Gasteiger partial charge is 0.504 e. The van der Waals surface area contributed by atoms with E-state index < -0.39 is 18.1 Å². The Balaban J connectivity index is 1.58.